The van der Waals surface area contributed by atoms with Gasteiger partial charge in [-0.2, -0.15) is 12.6 Å². The number of aliphatic hydroxyl groups excluding tert-OH is 4. The zero-order valence-corrected chi connectivity index (χ0v) is 7.13. The van der Waals surface area contributed by atoms with E-state index in [0.29, 0.717) is 0 Å². The van der Waals surface area contributed by atoms with Crippen molar-refractivity contribution in [1.29, 1.82) is 0 Å². The predicted molar refractivity (Wildman–Crippen MR) is 42.8 cm³/mol. The molecule has 5 nitrogen and oxygen atoms in total. The summed E-state index contributed by atoms with van der Waals surface area (Å²) in [6, 6.07) is 0. The smallest absolute Gasteiger partial charge is 0.169 e. The van der Waals surface area contributed by atoms with Crippen LogP contribution in [0.2, 0.25) is 0 Å². The largest absolute Gasteiger partial charge is 0.394 e. The molecule has 1 fully saturated rings. The van der Waals surface area contributed by atoms with Crippen LogP contribution in [0, 0.1) is 0 Å². The third-order valence-electron chi connectivity index (χ3n) is 1.87. The number of hydrogen-bond donors (Lipinski definition) is 5. The van der Waals surface area contributed by atoms with Crippen molar-refractivity contribution in [1.82, 2.24) is 0 Å². The molecule has 1 heterocycles. The lowest BCUT2D eigenvalue weighted by molar-refractivity contribution is -0.234. The molecule has 1 aliphatic heterocycles. The van der Waals surface area contributed by atoms with Gasteiger partial charge < -0.3 is 25.2 Å². The van der Waals surface area contributed by atoms with Gasteiger partial charge in [-0.05, 0) is 0 Å². The molecule has 0 radical (unpaired) electrons. The molecule has 12 heavy (non-hydrogen) atoms. The number of thiol groups is 1. The zero-order chi connectivity index (χ0) is 9.30. The molecule has 0 amide bonds. The first kappa shape index (κ1) is 10.2. The van der Waals surface area contributed by atoms with Gasteiger partial charge in [-0.3, -0.25) is 0 Å². The van der Waals surface area contributed by atoms with Gasteiger partial charge in [-0.25, -0.2) is 0 Å². The Balaban J connectivity index is 2.63. The monoisotopic (exact) mass is 196 g/mol. The average Bonchev–Trinajstić information content (AvgIpc) is 2.08. The molecule has 0 saturated carbocycles. The van der Waals surface area contributed by atoms with Gasteiger partial charge in [0.15, 0.2) is 6.29 Å². The molecule has 0 spiro atoms. The van der Waals surface area contributed by atoms with E-state index in [-0.39, 0.29) is 0 Å². The summed E-state index contributed by atoms with van der Waals surface area (Å²) >= 11 is 3.82. The molecule has 6 heteroatoms. The maximum absolute atomic E-state index is 9.24. The van der Waals surface area contributed by atoms with Crippen LogP contribution in [0.25, 0.3) is 0 Å². The van der Waals surface area contributed by atoms with Gasteiger partial charge in [0.2, 0.25) is 0 Å². The van der Waals surface area contributed by atoms with Gasteiger partial charge in [-0.1, -0.05) is 0 Å². The second kappa shape index (κ2) is 3.91. The van der Waals surface area contributed by atoms with E-state index >= 15 is 0 Å². The number of ether oxygens (including phenoxy) is 1. The van der Waals surface area contributed by atoms with Crippen molar-refractivity contribution in [2.45, 2.75) is 29.9 Å². The standard InChI is InChI=1S/C6H12O5S/c7-1-2-3(8)4(9)5(12)6(10)11-2/h2-10,12H,1H2/t2?,3?,4-,5+,6-/m1/s1. The molecule has 5 atom stereocenters. The van der Waals surface area contributed by atoms with E-state index in [2.05, 4.69) is 12.6 Å². The molecule has 4 N–H and O–H groups in total. The number of aliphatic hydroxyl groups is 4. The van der Waals surface area contributed by atoms with Crippen molar-refractivity contribution in [2.24, 2.45) is 0 Å². The Labute approximate surface area is 75.0 Å². The van der Waals surface area contributed by atoms with Gasteiger partial charge in [0, 0.05) is 0 Å². The summed E-state index contributed by atoms with van der Waals surface area (Å²) < 4.78 is 4.75. The molecule has 1 saturated heterocycles. The van der Waals surface area contributed by atoms with Crippen LogP contribution in [-0.2, 0) is 4.74 Å². The minimum absolute atomic E-state index is 0.449. The minimum Gasteiger partial charge on any atom is -0.394 e. The fourth-order valence-electron chi connectivity index (χ4n) is 1.08. The fraction of sp³-hybridized carbons (Fsp3) is 1.00. The Hall–Kier alpha value is 0.150. The van der Waals surface area contributed by atoms with Crippen LogP contribution in [0.15, 0.2) is 0 Å². The minimum atomic E-state index is -1.26. The second-order valence-electron chi connectivity index (χ2n) is 2.72. The number of rotatable bonds is 1. The summed E-state index contributed by atoms with van der Waals surface area (Å²) in [5.74, 6) is 0. The zero-order valence-electron chi connectivity index (χ0n) is 6.24. The van der Waals surface area contributed by atoms with Crippen molar-refractivity contribution in [3.05, 3.63) is 0 Å². The highest BCUT2D eigenvalue weighted by molar-refractivity contribution is 7.81. The lowest BCUT2D eigenvalue weighted by Gasteiger charge is -2.37. The van der Waals surface area contributed by atoms with Gasteiger partial charge >= 0.3 is 0 Å². The van der Waals surface area contributed by atoms with E-state index in [1.165, 1.54) is 0 Å². The van der Waals surface area contributed by atoms with Crippen molar-refractivity contribution in [3.63, 3.8) is 0 Å². The Kier molecular flexibility index (Phi) is 3.33. The van der Waals surface area contributed by atoms with Crippen LogP contribution in [0.4, 0.5) is 0 Å². The Morgan fingerprint density at radius 2 is 1.75 bits per heavy atom. The van der Waals surface area contributed by atoms with E-state index < -0.39 is 36.5 Å². The third kappa shape index (κ3) is 1.73. The Bertz CT molecular complexity index is 150. The predicted octanol–water partition coefficient (Wildman–Crippen LogP) is -2.28. The molecule has 0 aliphatic carbocycles. The van der Waals surface area contributed by atoms with Crippen LogP contribution in [0.3, 0.4) is 0 Å². The van der Waals surface area contributed by atoms with Crippen LogP contribution < -0.4 is 0 Å². The van der Waals surface area contributed by atoms with Crippen LogP contribution in [0.1, 0.15) is 0 Å². The van der Waals surface area contributed by atoms with E-state index in [0.717, 1.165) is 0 Å². The van der Waals surface area contributed by atoms with Gasteiger partial charge in [0.1, 0.15) is 12.2 Å². The van der Waals surface area contributed by atoms with Crippen molar-refractivity contribution >= 4 is 12.6 Å². The molecule has 0 bridgehead atoms. The Morgan fingerprint density at radius 1 is 1.17 bits per heavy atom. The molecular weight excluding hydrogens is 184 g/mol. The summed E-state index contributed by atoms with van der Waals surface area (Å²) in [5, 5.41) is 35.4. The average molecular weight is 196 g/mol. The highest BCUT2D eigenvalue weighted by Gasteiger charge is 2.41. The number of hydrogen-bond acceptors (Lipinski definition) is 6. The lowest BCUT2D eigenvalue weighted by atomic mass is 10.0. The molecule has 1 rings (SSSR count). The molecule has 0 aromatic carbocycles. The Morgan fingerprint density at radius 3 is 2.25 bits per heavy atom. The summed E-state index contributed by atoms with van der Waals surface area (Å²) in [6.45, 7) is -0.449. The van der Waals surface area contributed by atoms with Gasteiger partial charge in [0.05, 0.1) is 18.0 Å². The lowest BCUT2D eigenvalue weighted by Crippen LogP contribution is -2.56. The normalized spacial score (nSPS) is 49.2. The first-order valence-electron chi connectivity index (χ1n) is 3.56. The van der Waals surface area contributed by atoms with E-state index in [4.69, 9.17) is 14.9 Å². The van der Waals surface area contributed by atoms with E-state index in [9.17, 15) is 10.2 Å². The van der Waals surface area contributed by atoms with Crippen LogP contribution in [-0.4, -0.2) is 56.9 Å². The third-order valence-corrected chi connectivity index (χ3v) is 2.43. The molecule has 1 aliphatic rings. The molecular formula is C6H12O5S. The first-order chi connectivity index (χ1) is 5.57. The maximum Gasteiger partial charge on any atom is 0.169 e. The second-order valence-corrected chi connectivity index (χ2v) is 3.32. The van der Waals surface area contributed by atoms with E-state index in [1.807, 2.05) is 0 Å². The van der Waals surface area contributed by atoms with E-state index in [1.54, 1.807) is 0 Å². The molecule has 2 unspecified atom stereocenters. The summed E-state index contributed by atoms with van der Waals surface area (Å²) in [7, 11) is 0. The molecule has 0 aromatic rings. The summed E-state index contributed by atoms with van der Waals surface area (Å²) in [4.78, 5) is 0. The highest BCUT2D eigenvalue weighted by atomic mass is 32.1. The van der Waals surface area contributed by atoms with Gasteiger partial charge in [-0.15, -0.1) is 0 Å². The summed E-state index contributed by atoms with van der Waals surface area (Å²) in [5.41, 5.74) is 0. The summed E-state index contributed by atoms with van der Waals surface area (Å²) in [6.07, 6.45) is -4.60. The quantitative estimate of drug-likeness (QED) is 0.305. The maximum atomic E-state index is 9.24. The van der Waals surface area contributed by atoms with Gasteiger partial charge in [0.25, 0.3) is 0 Å². The van der Waals surface area contributed by atoms with Crippen molar-refractivity contribution in [2.75, 3.05) is 6.61 Å². The van der Waals surface area contributed by atoms with Crippen molar-refractivity contribution < 1.29 is 25.2 Å². The SMILES string of the molecule is OCC1O[C@@H](O)[C@@H](S)[C@H](O)C1O. The molecule has 0 aromatic heterocycles. The van der Waals surface area contributed by atoms with Crippen molar-refractivity contribution in [3.8, 4) is 0 Å². The van der Waals surface area contributed by atoms with Crippen LogP contribution in [0.5, 0.6) is 0 Å². The molecule has 72 valence electrons. The fourth-order valence-corrected chi connectivity index (χ4v) is 1.33. The highest BCUT2D eigenvalue weighted by Crippen LogP contribution is 2.22. The topological polar surface area (TPSA) is 90.2 Å². The van der Waals surface area contributed by atoms with Crippen LogP contribution >= 0.6 is 12.6 Å². The first-order valence-corrected chi connectivity index (χ1v) is 4.08.